The predicted molar refractivity (Wildman–Crippen MR) is 123 cm³/mol. The minimum atomic E-state index is -3.95. The smallest absolute Gasteiger partial charge is 0.264 e. The molecule has 3 aromatic carbocycles. The first-order valence-corrected chi connectivity index (χ1v) is 11.7. The van der Waals surface area contributed by atoms with E-state index in [-0.39, 0.29) is 17.3 Å². The molecule has 0 spiro atoms. The number of sulfonamides is 1. The van der Waals surface area contributed by atoms with Crippen LogP contribution < -0.4 is 9.62 Å². The third-order valence-corrected chi connectivity index (χ3v) is 6.99. The molecule has 0 aromatic heterocycles. The molecular formula is C22H20FIN2O3S. The Morgan fingerprint density at radius 1 is 1.00 bits per heavy atom. The van der Waals surface area contributed by atoms with Crippen LogP contribution in [0.15, 0.2) is 83.8 Å². The molecule has 3 aromatic rings. The number of hydrogen-bond donors (Lipinski definition) is 1. The first-order chi connectivity index (χ1) is 14.3. The van der Waals surface area contributed by atoms with Gasteiger partial charge >= 0.3 is 0 Å². The van der Waals surface area contributed by atoms with Gasteiger partial charge in [0.2, 0.25) is 5.91 Å². The molecule has 0 bridgehead atoms. The van der Waals surface area contributed by atoms with Crippen molar-refractivity contribution in [3.8, 4) is 0 Å². The molecular weight excluding hydrogens is 518 g/mol. The van der Waals surface area contributed by atoms with Crippen molar-refractivity contribution < 1.29 is 17.6 Å². The van der Waals surface area contributed by atoms with Gasteiger partial charge in [0.05, 0.1) is 16.6 Å². The molecule has 0 saturated heterocycles. The van der Waals surface area contributed by atoms with Gasteiger partial charge in [0, 0.05) is 3.57 Å². The first-order valence-electron chi connectivity index (χ1n) is 9.15. The topological polar surface area (TPSA) is 66.5 Å². The molecule has 1 amide bonds. The number of benzene rings is 3. The van der Waals surface area contributed by atoms with Crippen molar-refractivity contribution in [1.29, 1.82) is 0 Å². The normalized spacial score (nSPS) is 12.2. The molecule has 0 aliphatic heterocycles. The molecule has 5 nitrogen and oxygen atoms in total. The number of nitrogens with zero attached hydrogens (tertiary/aromatic N) is 1. The lowest BCUT2D eigenvalue weighted by molar-refractivity contribution is -0.120. The Hall–Kier alpha value is -2.46. The third-order valence-electron chi connectivity index (χ3n) is 4.48. The lowest BCUT2D eigenvalue weighted by Crippen LogP contribution is -2.41. The minimum Gasteiger partial charge on any atom is -0.348 e. The summed E-state index contributed by atoms with van der Waals surface area (Å²) in [4.78, 5) is 12.8. The lowest BCUT2D eigenvalue weighted by atomic mass is 10.1. The van der Waals surface area contributed by atoms with Crippen LogP contribution in [-0.4, -0.2) is 20.9 Å². The molecule has 8 heteroatoms. The molecule has 30 heavy (non-hydrogen) atoms. The van der Waals surface area contributed by atoms with Crippen LogP contribution in [0.5, 0.6) is 0 Å². The first kappa shape index (κ1) is 22.2. The van der Waals surface area contributed by atoms with E-state index in [1.807, 2.05) is 0 Å². The molecule has 1 N–H and O–H groups in total. The maximum atomic E-state index is 13.2. The van der Waals surface area contributed by atoms with Gasteiger partial charge in [-0.1, -0.05) is 30.3 Å². The van der Waals surface area contributed by atoms with Gasteiger partial charge in [-0.15, -0.1) is 0 Å². The molecule has 156 valence electrons. The van der Waals surface area contributed by atoms with E-state index in [1.54, 1.807) is 61.5 Å². The summed E-state index contributed by atoms with van der Waals surface area (Å²) < 4.78 is 41.7. The summed E-state index contributed by atoms with van der Waals surface area (Å²) in [5.74, 6) is -0.832. The van der Waals surface area contributed by atoms with Gasteiger partial charge in [0.25, 0.3) is 10.0 Å². The fourth-order valence-electron chi connectivity index (χ4n) is 2.89. The standard InChI is InChI=1S/C22H20FIN2O3S/c1-16(17-7-9-18(23)10-8-17)25-22(27)15-26(20-13-11-19(24)12-14-20)30(28,29)21-5-3-2-4-6-21/h2-14,16H,15H2,1H3,(H,25,27). The Labute approximate surface area is 189 Å². The lowest BCUT2D eigenvalue weighted by Gasteiger charge is -2.25. The van der Waals surface area contributed by atoms with Crippen LogP contribution in [0, 0.1) is 9.39 Å². The number of hydrogen-bond acceptors (Lipinski definition) is 3. The van der Waals surface area contributed by atoms with E-state index in [2.05, 4.69) is 27.9 Å². The molecule has 1 atom stereocenters. The van der Waals surface area contributed by atoms with E-state index < -0.39 is 22.0 Å². The molecule has 1 unspecified atom stereocenters. The quantitative estimate of drug-likeness (QED) is 0.451. The van der Waals surface area contributed by atoms with Crippen molar-refractivity contribution in [3.63, 3.8) is 0 Å². The van der Waals surface area contributed by atoms with Crippen LogP contribution in [0.3, 0.4) is 0 Å². The highest BCUT2D eigenvalue weighted by molar-refractivity contribution is 14.1. The van der Waals surface area contributed by atoms with Crippen LogP contribution in [0.4, 0.5) is 10.1 Å². The van der Waals surface area contributed by atoms with E-state index >= 15 is 0 Å². The number of halogens is 2. The number of amides is 1. The Morgan fingerprint density at radius 3 is 2.20 bits per heavy atom. The number of nitrogens with one attached hydrogen (secondary N) is 1. The second-order valence-corrected chi connectivity index (χ2v) is 9.75. The molecule has 0 saturated carbocycles. The van der Waals surface area contributed by atoms with E-state index in [1.165, 1.54) is 24.3 Å². The molecule has 0 aliphatic rings. The Balaban J connectivity index is 1.86. The van der Waals surface area contributed by atoms with Crippen LogP contribution >= 0.6 is 22.6 Å². The number of anilines is 1. The van der Waals surface area contributed by atoms with Crippen molar-refractivity contribution in [2.75, 3.05) is 10.8 Å². The Kier molecular flexibility index (Phi) is 7.09. The SMILES string of the molecule is CC(NC(=O)CN(c1ccc(I)cc1)S(=O)(=O)c1ccccc1)c1ccc(F)cc1. The molecule has 3 rings (SSSR count). The van der Waals surface area contributed by atoms with Gasteiger partial charge in [0.1, 0.15) is 12.4 Å². The Morgan fingerprint density at radius 2 is 1.60 bits per heavy atom. The van der Waals surface area contributed by atoms with Crippen LogP contribution in [-0.2, 0) is 14.8 Å². The van der Waals surface area contributed by atoms with Gasteiger partial charge in [0.15, 0.2) is 0 Å². The van der Waals surface area contributed by atoms with Gasteiger partial charge < -0.3 is 5.32 Å². The molecule has 0 aliphatic carbocycles. The summed E-state index contributed by atoms with van der Waals surface area (Å²) in [7, 11) is -3.95. The number of carbonyl (C=O) groups is 1. The summed E-state index contributed by atoms with van der Waals surface area (Å²) in [5, 5.41) is 2.78. The Bertz CT molecular complexity index is 1110. The summed E-state index contributed by atoms with van der Waals surface area (Å²) >= 11 is 2.13. The second kappa shape index (κ2) is 9.57. The van der Waals surface area contributed by atoms with E-state index in [0.717, 1.165) is 13.4 Å². The van der Waals surface area contributed by atoms with Gasteiger partial charge in [-0.3, -0.25) is 9.10 Å². The number of rotatable bonds is 7. The van der Waals surface area contributed by atoms with Crippen LogP contribution in [0.2, 0.25) is 0 Å². The highest BCUT2D eigenvalue weighted by atomic mass is 127. The van der Waals surface area contributed by atoms with Crippen LogP contribution in [0.25, 0.3) is 0 Å². The van der Waals surface area contributed by atoms with Gasteiger partial charge in [-0.25, -0.2) is 12.8 Å². The summed E-state index contributed by atoms with van der Waals surface area (Å²) in [5.41, 5.74) is 1.11. The zero-order valence-corrected chi connectivity index (χ0v) is 19.1. The van der Waals surface area contributed by atoms with E-state index in [4.69, 9.17) is 0 Å². The fourth-order valence-corrected chi connectivity index (χ4v) is 4.70. The maximum absolute atomic E-state index is 13.2. The highest BCUT2D eigenvalue weighted by Gasteiger charge is 2.27. The molecule has 0 heterocycles. The van der Waals surface area contributed by atoms with Crippen molar-refractivity contribution in [2.45, 2.75) is 17.9 Å². The summed E-state index contributed by atoms with van der Waals surface area (Å²) in [6.45, 7) is 1.37. The van der Waals surface area contributed by atoms with Gasteiger partial charge in [-0.05, 0) is 83.6 Å². The third kappa shape index (κ3) is 5.37. The minimum absolute atomic E-state index is 0.0999. The zero-order chi connectivity index (χ0) is 21.7. The monoisotopic (exact) mass is 538 g/mol. The van der Waals surface area contributed by atoms with Crippen molar-refractivity contribution in [1.82, 2.24) is 5.32 Å². The fraction of sp³-hybridized carbons (Fsp3) is 0.136. The van der Waals surface area contributed by atoms with E-state index in [9.17, 15) is 17.6 Å². The summed E-state index contributed by atoms with van der Waals surface area (Å²) in [6.07, 6.45) is 0. The molecule has 0 fully saturated rings. The van der Waals surface area contributed by atoms with Crippen molar-refractivity contribution >= 4 is 44.2 Å². The second-order valence-electron chi connectivity index (χ2n) is 6.64. The van der Waals surface area contributed by atoms with Gasteiger partial charge in [-0.2, -0.15) is 0 Å². The largest absolute Gasteiger partial charge is 0.348 e. The van der Waals surface area contributed by atoms with E-state index in [0.29, 0.717) is 5.69 Å². The van der Waals surface area contributed by atoms with Crippen molar-refractivity contribution in [3.05, 3.63) is 93.8 Å². The average Bonchev–Trinajstić information content (AvgIpc) is 2.74. The highest BCUT2D eigenvalue weighted by Crippen LogP contribution is 2.24. The van der Waals surface area contributed by atoms with Crippen molar-refractivity contribution in [2.24, 2.45) is 0 Å². The molecule has 0 radical (unpaired) electrons. The predicted octanol–water partition coefficient (Wildman–Crippen LogP) is 4.50. The number of carbonyl (C=O) groups excluding carboxylic acids is 1. The zero-order valence-electron chi connectivity index (χ0n) is 16.1. The maximum Gasteiger partial charge on any atom is 0.264 e. The summed E-state index contributed by atoms with van der Waals surface area (Å²) in [6, 6.07) is 20.3. The van der Waals surface area contributed by atoms with Crippen LogP contribution in [0.1, 0.15) is 18.5 Å². The average molecular weight is 538 g/mol.